The molecule has 1 N–H and O–H groups in total. The van der Waals surface area contributed by atoms with E-state index in [1.54, 1.807) is 0 Å². The van der Waals surface area contributed by atoms with Gasteiger partial charge in [-0.2, -0.15) is 0 Å². The Hall–Kier alpha value is -1.74. The van der Waals surface area contributed by atoms with E-state index in [9.17, 15) is 0 Å². The predicted octanol–water partition coefficient (Wildman–Crippen LogP) is 3.20. The van der Waals surface area contributed by atoms with Crippen molar-refractivity contribution in [2.75, 3.05) is 6.54 Å². The van der Waals surface area contributed by atoms with Gasteiger partial charge < -0.3 is 5.32 Å². The molecule has 0 atom stereocenters. The molecular weight excluding hydrogens is 234 g/mol. The average Bonchev–Trinajstić information content (AvgIpc) is 2.39. The van der Waals surface area contributed by atoms with Crippen molar-refractivity contribution in [3.63, 3.8) is 0 Å². The average molecular weight is 255 g/mol. The Morgan fingerprint density at radius 3 is 2.53 bits per heavy atom. The first-order valence-electron chi connectivity index (χ1n) is 6.76. The zero-order chi connectivity index (χ0) is 13.7. The van der Waals surface area contributed by atoms with Gasteiger partial charge in [0.05, 0.1) is 5.69 Å². The molecule has 3 nitrogen and oxygen atoms in total. The molecule has 0 unspecified atom stereocenters. The van der Waals surface area contributed by atoms with E-state index in [-0.39, 0.29) is 0 Å². The first-order valence-corrected chi connectivity index (χ1v) is 6.76. The van der Waals surface area contributed by atoms with Crippen molar-refractivity contribution < 1.29 is 0 Å². The molecule has 2 aromatic rings. The molecule has 0 fully saturated rings. The lowest BCUT2D eigenvalue weighted by atomic mass is 10.2. The molecule has 3 heteroatoms. The second kappa shape index (κ2) is 6.43. The van der Waals surface area contributed by atoms with Gasteiger partial charge in [-0.15, -0.1) is 0 Å². The van der Waals surface area contributed by atoms with E-state index < -0.39 is 0 Å². The lowest BCUT2D eigenvalue weighted by Gasteiger charge is -2.09. The molecule has 1 aromatic carbocycles. The van der Waals surface area contributed by atoms with Crippen molar-refractivity contribution in [2.24, 2.45) is 5.92 Å². The van der Waals surface area contributed by atoms with Gasteiger partial charge in [-0.1, -0.05) is 44.2 Å². The SMILES string of the molecule is Cc1cc(CNCC(C)C)nc(-c2ccccc2)n1. The number of benzene rings is 1. The Labute approximate surface area is 115 Å². The Balaban J connectivity index is 2.16. The molecule has 0 aliphatic heterocycles. The molecule has 0 aliphatic rings. The Kier molecular flexibility index (Phi) is 4.63. The molecule has 0 saturated heterocycles. The van der Waals surface area contributed by atoms with E-state index in [1.807, 2.05) is 43.3 Å². The summed E-state index contributed by atoms with van der Waals surface area (Å²) in [5.41, 5.74) is 3.12. The van der Waals surface area contributed by atoms with Crippen LogP contribution < -0.4 is 5.32 Å². The number of nitrogens with one attached hydrogen (secondary N) is 1. The van der Waals surface area contributed by atoms with Crippen LogP contribution in [0.2, 0.25) is 0 Å². The van der Waals surface area contributed by atoms with E-state index in [2.05, 4.69) is 29.1 Å². The first-order chi connectivity index (χ1) is 9.15. The second-order valence-electron chi connectivity index (χ2n) is 5.22. The van der Waals surface area contributed by atoms with Gasteiger partial charge in [-0.3, -0.25) is 0 Å². The minimum atomic E-state index is 0.650. The number of nitrogens with zero attached hydrogens (tertiary/aromatic N) is 2. The van der Waals surface area contributed by atoms with Crippen LogP contribution in [0.3, 0.4) is 0 Å². The zero-order valence-electron chi connectivity index (χ0n) is 11.9. The fourth-order valence-corrected chi connectivity index (χ4v) is 1.93. The van der Waals surface area contributed by atoms with E-state index in [0.717, 1.165) is 35.9 Å². The molecule has 1 heterocycles. The molecule has 19 heavy (non-hydrogen) atoms. The normalized spacial score (nSPS) is 10.9. The fraction of sp³-hybridized carbons (Fsp3) is 0.375. The summed E-state index contributed by atoms with van der Waals surface area (Å²) < 4.78 is 0. The van der Waals surface area contributed by atoms with Gasteiger partial charge in [0.2, 0.25) is 0 Å². The zero-order valence-corrected chi connectivity index (χ0v) is 11.9. The molecule has 0 radical (unpaired) electrons. The Bertz CT molecular complexity index is 521. The van der Waals surface area contributed by atoms with Crippen molar-refractivity contribution in [1.29, 1.82) is 0 Å². The third-order valence-corrected chi connectivity index (χ3v) is 2.80. The largest absolute Gasteiger partial charge is 0.311 e. The smallest absolute Gasteiger partial charge is 0.159 e. The minimum Gasteiger partial charge on any atom is -0.311 e. The Morgan fingerprint density at radius 1 is 1.11 bits per heavy atom. The second-order valence-corrected chi connectivity index (χ2v) is 5.22. The number of rotatable bonds is 5. The summed E-state index contributed by atoms with van der Waals surface area (Å²) in [6.45, 7) is 8.21. The van der Waals surface area contributed by atoms with Gasteiger partial charge in [-0.05, 0) is 25.5 Å². The van der Waals surface area contributed by atoms with Crippen LogP contribution in [0.1, 0.15) is 25.2 Å². The van der Waals surface area contributed by atoms with Crippen LogP contribution in [-0.2, 0) is 6.54 Å². The fourth-order valence-electron chi connectivity index (χ4n) is 1.93. The summed E-state index contributed by atoms with van der Waals surface area (Å²) in [7, 11) is 0. The predicted molar refractivity (Wildman–Crippen MR) is 78.7 cm³/mol. The van der Waals surface area contributed by atoms with Gasteiger partial charge in [0, 0.05) is 17.8 Å². The maximum Gasteiger partial charge on any atom is 0.159 e. The molecular formula is C16H21N3. The third-order valence-electron chi connectivity index (χ3n) is 2.80. The highest BCUT2D eigenvalue weighted by Gasteiger charge is 2.04. The van der Waals surface area contributed by atoms with Crippen molar-refractivity contribution in [2.45, 2.75) is 27.3 Å². The van der Waals surface area contributed by atoms with E-state index >= 15 is 0 Å². The van der Waals surface area contributed by atoms with E-state index in [4.69, 9.17) is 0 Å². The maximum atomic E-state index is 4.63. The monoisotopic (exact) mass is 255 g/mol. The van der Waals surface area contributed by atoms with Crippen LogP contribution in [0, 0.1) is 12.8 Å². The first kappa shape index (κ1) is 13.7. The summed E-state index contributed by atoms with van der Waals surface area (Å²) in [5.74, 6) is 1.46. The van der Waals surface area contributed by atoms with Crippen LogP contribution in [0.5, 0.6) is 0 Å². The van der Waals surface area contributed by atoms with Crippen LogP contribution in [0.25, 0.3) is 11.4 Å². The molecule has 100 valence electrons. The van der Waals surface area contributed by atoms with Crippen molar-refractivity contribution in [1.82, 2.24) is 15.3 Å². The summed E-state index contributed by atoms with van der Waals surface area (Å²) >= 11 is 0. The summed E-state index contributed by atoms with van der Waals surface area (Å²) in [6.07, 6.45) is 0. The molecule has 0 amide bonds. The number of aromatic nitrogens is 2. The molecule has 0 spiro atoms. The Morgan fingerprint density at radius 2 is 1.84 bits per heavy atom. The van der Waals surface area contributed by atoms with Gasteiger partial charge >= 0.3 is 0 Å². The number of hydrogen-bond acceptors (Lipinski definition) is 3. The number of hydrogen-bond donors (Lipinski definition) is 1. The molecule has 2 rings (SSSR count). The highest BCUT2D eigenvalue weighted by Crippen LogP contribution is 2.15. The van der Waals surface area contributed by atoms with E-state index in [0.29, 0.717) is 5.92 Å². The van der Waals surface area contributed by atoms with E-state index in [1.165, 1.54) is 0 Å². The number of aryl methyl sites for hydroxylation is 1. The van der Waals surface area contributed by atoms with Crippen molar-refractivity contribution >= 4 is 0 Å². The summed E-state index contributed by atoms with van der Waals surface area (Å²) in [5, 5.41) is 3.42. The topological polar surface area (TPSA) is 37.8 Å². The summed E-state index contributed by atoms with van der Waals surface area (Å²) in [6, 6.07) is 12.2. The van der Waals surface area contributed by atoms with Crippen LogP contribution >= 0.6 is 0 Å². The maximum absolute atomic E-state index is 4.63. The van der Waals surface area contributed by atoms with Crippen molar-refractivity contribution in [3.05, 3.63) is 47.8 Å². The standard InChI is InChI=1S/C16H21N3/c1-12(2)10-17-11-15-9-13(3)18-16(19-15)14-7-5-4-6-8-14/h4-9,12,17H,10-11H2,1-3H3. The van der Waals surface area contributed by atoms with Gasteiger partial charge in [0.25, 0.3) is 0 Å². The molecule has 1 aromatic heterocycles. The highest BCUT2D eigenvalue weighted by atomic mass is 14.9. The van der Waals surface area contributed by atoms with Gasteiger partial charge in [-0.25, -0.2) is 9.97 Å². The minimum absolute atomic E-state index is 0.650. The third kappa shape index (κ3) is 4.14. The van der Waals surface area contributed by atoms with Gasteiger partial charge in [0.1, 0.15) is 0 Å². The lowest BCUT2D eigenvalue weighted by molar-refractivity contribution is 0.548. The van der Waals surface area contributed by atoms with Crippen LogP contribution in [0.4, 0.5) is 0 Å². The van der Waals surface area contributed by atoms with Crippen molar-refractivity contribution in [3.8, 4) is 11.4 Å². The highest BCUT2D eigenvalue weighted by molar-refractivity contribution is 5.54. The van der Waals surface area contributed by atoms with Crippen LogP contribution in [-0.4, -0.2) is 16.5 Å². The summed E-state index contributed by atoms with van der Waals surface area (Å²) in [4.78, 5) is 9.14. The quantitative estimate of drug-likeness (QED) is 0.891. The van der Waals surface area contributed by atoms with Gasteiger partial charge in [0.15, 0.2) is 5.82 Å². The molecule has 0 saturated carbocycles. The molecule has 0 aliphatic carbocycles. The van der Waals surface area contributed by atoms with Crippen LogP contribution in [0.15, 0.2) is 36.4 Å². The lowest BCUT2D eigenvalue weighted by Crippen LogP contribution is -2.20. The molecule has 0 bridgehead atoms.